The molecule has 0 aliphatic heterocycles. The molecule has 2 nitrogen and oxygen atoms in total. The molecule has 3 heteroatoms. The number of hydrogen-bond donors (Lipinski definition) is 1. The van der Waals surface area contributed by atoms with Crippen molar-refractivity contribution >= 4 is 22.8 Å². The van der Waals surface area contributed by atoms with Gasteiger partial charge in [-0.05, 0) is 49.1 Å². The molecule has 100 valence electrons. The predicted octanol–water partition coefficient (Wildman–Crippen LogP) is 4.90. The highest BCUT2D eigenvalue weighted by Crippen LogP contribution is 2.27. The minimum atomic E-state index is 0.106. The van der Waals surface area contributed by atoms with Gasteiger partial charge in [-0.3, -0.25) is 4.79 Å². The van der Waals surface area contributed by atoms with E-state index in [2.05, 4.69) is 29.8 Å². The first-order valence-corrected chi connectivity index (χ1v) is 7.49. The lowest BCUT2D eigenvalue weighted by Gasteiger charge is -2.18. The van der Waals surface area contributed by atoms with Crippen molar-refractivity contribution in [3.63, 3.8) is 0 Å². The van der Waals surface area contributed by atoms with E-state index in [0.29, 0.717) is 6.04 Å². The molecule has 0 saturated heterocycles. The highest BCUT2D eigenvalue weighted by molar-refractivity contribution is 7.10. The van der Waals surface area contributed by atoms with Crippen LogP contribution in [0.15, 0.2) is 41.8 Å². The van der Waals surface area contributed by atoms with Crippen molar-refractivity contribution in [2.75, 3.05) is 5.32 Å². The average molecular weight is 273 g/mol. The largest absolute Gasteiger partial charge is 0.377 e. The molecular weight excluding hydrogens is 254 g/mol. The van der Waals surface area contributed by atoms with Gasteiger partial charge in [0.2, 0.25) is 0 Å². The first-order valence-electron chi connectivity index (χ1n) is 6.61. The van der Waals surface area contributed by atoms with Crippen LogP contribution in [0.2, 0.25) is 0 Å². The molecule has 0 fully saturated rings. The lowest BCUT2D eigenvalue weighted by Crippen LogP contribution is -2.09. The van der Waals surface area contributed by atoms with Gasteiger partial charge in [-0.2, -0.15) is 0 Å². The van der Waals surface area contributed by atoms with E-state index in [1.165, 1.54) is 4.88 Å². The van der Waals surface area contributed by atoms with E-state index in [0.717, 1.165) is 24.1 Å². The highest BCUT2D eigenvalue weighted by atomic mass is 32.1. The molecule has 0 amide bonds. The molecule has 19 heavy (non-hydrogen) atoms. The molecule has 1 unspecified atom stereocenters. The monoisotopic (exact) mass is 273 g/mol. The van der Waals surface area contributed by atoms with Crippen LogP contribution in [-0.4, -0.2) is 5.78 Å². The minimum absolute atomic E-state index is 0.106. The fraction of sp³-hybridized carbons (Fsp3) is 0.312. The number of carbonyl (C=O) groups is 1. The maximum absolute atomic E-state index is 11.2. The van der Waals surface area contributed by atoms with Crippen LogP contribution in [0.25, 0.3) is 0 Å². The predicted molar refractivity (Wildman–Crippen MR) is 82.0 cm³/mol. The minimum Gasteiger partial charge on any atom is -0.377 e. The summed E-state index contributed by atoms with van der Waals surface area (Å²) < 4.78 is 0. The normalized spacial score (nSPS) is 12.1. The van der Waals surface area contributed by atoms with E-state index in [9.17, 15) is 4.79 Å². The Morgan fingerprint density at radius 2 is 2.00 bits per heavy atom. The quantitative estimate of drug-likeness (QED) is 0.758. The summed E-state index contributed by atoms with van der Waals surface area (Å²) in [5.41, 5.74) is 1.82. The second-order valence-corrected chi connectivity index (χ2v) is 5.61. The van der Waals surface area contributed by atoms with Gasteiger partial charge in [-0.1, -0.05) is 19.4 Å². The maximum atomic E-state index is 11.2. The number of benzene rings is 1. The number of anilines is 1. The Balaban J connectivity index is 2.11. The molecule has 1 heterocycles. The van der Waals surface area contributed by atoms with Crippen LogP contribution in [0.5, 0.6) is 0 Å². The standard InChI is InChI=1S/C16H19NOS/c1-3-5-15(16-6-4-11-19-16)17-14-9-7-13(8-10-14)12(2)18/h4,6-11,15,17H,3,5H2,1-2H3. The van der Waals surface area contributed by atoms with Crippen molar-refractivity contribution in [3.05, 3.63) is 52.2 Å². The van der Waals surface area contributed by atoms with Gasteiger partial charge < -0.3 is 5.32 Å². The van der Waals surface area contributed by atoms with Gasteiger partial charge in [0.15, 0.2) is 5.78 Å². The summed E-state index contributed by atoms with van der Waals surface area (Å²) in [4.78, 5) is 12.6. The van der Waals surface area contributed by atoms with Crippen molar-refractivity contribution in [1.82, 2.24) is 0 Å². The number of hydrogen-bond acceptors (Lipinski definition) is 3. The summed E-state index contributed by atoms with van der Waals surface area (Å²) in [5.74, 6) is 0.106. The van der Waals surface area contributed by atoms with Crippen LogP contribution in [-0.2, 0) is 0 Å². The van der Waals surface area contributed by atoms with Crippen molar-refractivity contribution in [3.8, 4) is 0 Å². The van der Waals surface area contributed by atoms with Crippen molar-refractivity contribution in [2.24, 2.45) is 0 Å². The molecule has 1 aromatic carbocycles. The number of ketones is 1. The summed E-state index contributed by atoms with van der Waals surface area (Å²) >= 11 is 1.78. The fourth-order valence-corrected chi connectivity index (χ4v) is 2.88. The Labute approximate surface area is 118 Å². The molecule has 0 bridgehead atoms. The number of rotatable bonds is 6. The third kappa shape index (κ3) is 3.67. The molecule has 0 spiro atoms. The Hall–Kier alpha value is -1.61. The Morgan fingerprint density at radius 1 is 1.26 bits per heavy atom. The van der Waals surface area contributed by atoms with Crippen LogP contribution >= 0.6 is 11.3 Å². The third-order valence-electron chi connectivity index (χ3n) is 3.10. The van der Waals surface area contributed by atoms with E-state index in [1.807, 2.05) is 24.3 Å². The summed E-state index contributed by atoms with van der Waals surface area (Å²) in [5, 5.41) is 5.66. The van der Waals surface area contributed by atoms with Gasteiger partial charge in [-0.25, -0.2) is 0 Å². The van der Waals surface area contributed by atoms with E-state index in [4.69, 9.17) is 0 Å². The van der Waals surface area contributed by atoms with Crippen LogP contribution < -0.4 is 5.32 Å². The van der Waals surface area contributed by atoms with Gasteiger partial charge in [0.1, 0.15) is 0 Å². The lowest BCUT2D eigenvalue weighted by atomic mass is 10.1. The Kier molecular flexibility index (Phi) is 4.74. The first kappa shape index (κ1) is 13.8. The van der Waals surface area contributed by atoms with Crippen LogP contribution in [0, 0.1) is 0 Å². The zero-order valence-corrected chi connectivity index (χ0v) is 12.2. The van der Waals surface area contributed by atoms with Crippen LogP contribution in [0.1, 0.15) is 48.0 Å². The number of nitrogens with one attached hydrogen (secondary N) is 1. The molecular formula is C16H19NOS. The molecule has 1 N–H and O–H groups in total. The molecule has 2 aromatic rings. The lowest BCUT2D eigenvalue weighted by molar-refractivity contribution is 0.101. The molecule has 0 aliphatic rings. The summed E-state index contributed by atoms with van der Waals surface area (Å²) in [6, 6.07) is 12.3. The Bertz CT molecular complexity index is 516. The van der Waals surface area contributed by atoms with Crippen LogP contribution in [0.4, 0.5) is 5.69 Å². The SMILES string of the molecule is CCCC(Nc1ccc(C(C)=O)cc1)c1cccs1. The molecule has 1 aromatic heterocycles. The van der Waals surface area contributed by atoms with Gasteiger partial charge in [0, 0.05) is 16.1 Å². The van der Waals surface area contributed by atoms with Crippen molar-refractivity contribution < 1.29 is 4.79 Å². The summed E-state index contributed by atoms with van der Waals surface area (Å²) in [6.45, 7) is 3.79. The number of thiophene rings is 1. The zero-order valence-electron chi connectivity index (χ0n) is 11.3. The topological polar surface area (TPSA) is 29.1 Å². The van der Waals surface area contributed by atoms with E-state index in [1.54, 1.807) is 18.3 Å². The van der Waals surface area contributed by atoms with E-state index < -0.39 is 0 Å². The zero-order chi connectivity index (χ0) is 13.7. The van der Waals surface area contributed by atoms with E-state index >= 15 is 0 Å². The third-order valence-corrected chi connectivity index (χ3v) is 4.08. The van der Waals surface area contributed by atoms with Gasteiger partial charge >= 0.3 is 0 Å². The van der Waals surface area contributed by atoms with E-state index in [-0.39, 0.29) is 5.78 Å². The molecule has 0 radical (unpaired) electrons. The maximum Gasteiger partial charge on any atom is 0.159 e. The average Bonchev–Trinajstić information content (AvgIpc) is 2.92. The molecule has 0 saturated carbocycles. The summed E-state index contributed by atoms with van der Waals surface area (Å²) in [6.07, 6.45) is 2.25. The van der Waals surface area contributed by atoms with Gasteiger partial charge in [-0.15, -0.1) is 11.3 Å². The molecule has 1 atom stereocenters. The first-order chi connectivity index (χ1) is 9.20. The van der Waals surface area contributed by atoms with Gasteiger partial charge in [0.25, 0.3) is 0 Å². The second-order valence-electron chi connectivity index (χ2n) is 4.63. The van der Waals surface area contributed by atoms with Crippen molar-refractivity contribution in [2.45, 2.75) is 32.7 Å². The fourth-order valence-electron chi connectivity index (χ4n) is 2.07. The summed E-state index contributed by atoms with van der Waals surface area (Å²) in [7, 11) is 0. The van der Waals surface area contributed by atoms with Crippen molar-refractivity contribution in [1.29, 1.82) is 0 Å². The van der Waals surface area contributed by atoms with Gasteiger partial charge in [0.05, 0.1) is 6.04 Å². The number of Topliss-reactive ketones (excluding diaryl/α,β-unsaturated/α-hetero) is 1. The molecule has 0 aliphatic carbocycles. The second kappa shape index (κ2) is 6.53. The van der Waals surface area contributed by atoms with Crippen LogP contribution in [0.3, 0.4) is 0 Å². The molecule has 2 rings (SSSR count). The highest BCUT2D eigenvalue weighted by Gasteiger charge is 2.11. The number of carbonyl (C=O) groups excluding carboxylic acids is 1. The Morgan fingerprint density at radius 3 is 2.53 bits per heavy atom. The smallest absolute Gasteiger partial charge is 0.159 e.